The molecule has 1 N–H and O–H groups in total. The van der Waals surface area contributed by atoms with Gasteiger partial charge in [-0.2, -0.15) is 0 Å². The van der Waals surface area contributed by atoms with Gasteiger partial charge in [0.05, 0.1) is 0 Å². The maximum absolute atomic E-state index is 14.1. The summed E-state index contributed by atoms with van der Waals surface area (Å²) >= 11 is 0. The topological polar surface area (TPSA) is 37.8 Å². The van der Waals surface area contributed by atoms with Gasteiger partial charge in [-0.05, 0) is 69.8 Å². The summed E-state index contributed by atoms with van der Waals surface area (Å²) in [6.07, 6.45) is 4.35. The SMILES string of the molecule is [CH2]CC(c1cccc(F)c1)(c1c(C)ncnc1C)C1CCNCC1. The molecule has 0 bridgehead atoms. The molecule has 127 valence electrons. The lowest BCUT2D eigenvalue weighted by atomic mass is 9.60. The van der Waals surface area contributed by atoms with E-state index in [-0.39, 0.29) is 11.2 Å². The molecule has 3 nitrogen and oxygen atoms in total. The lowest BCUT2D eigenvalue weighted by molar-refractivity contribution is 0.245. The van der Waals surface area contributed by atoms with E-state index in [9.17, 15) is 4.39 Å². The Morgan fingerprint density at radius 1 is 1.21 bits per heavy atom. The van der Waals surface area contributed by atoms with E-state index in [4.69, 9.17) is 0 Å². The van der Waals surface area contributed by atoms with Crippen LogP contribution in [0.2, 0.25) is 0 Å². The monoisotopic (exact) mass is 326 g/mol. The number of hydrogen-bond donors (Lipinski definition) is 1. The quantitative estimate of drug-likeness (QED) is 0.930. The molecule has 1 unspecified atom stereocenters. The predicted octanol–water partition coefficient (Wildman–Crippen LogP) is 3.74. The van der Waals surface area contributed by atoms with Crippen molar-refractivity contribution in [3.05, 3.63) is 65.8 Å². The molecule has 1 aromatic carbocycles. The molecule has 2 aromatic rings. The van der Waals surface area contributed by atoms with Gasteiger partial charge in [-0.1, -0.05) is 19.1 Å². The Hall–Kier alpha value is -1.81. The fourth-order valence-corrected chi connectivity index (χ4v) is 4.38. The van der Waals surface area contributed by atoms with Crippen molar-refractivity contribution in [1.29, 1.82) is 0 Å². The highest BCUT2D eigenvalue weighted by Gasteiger charge is 2.43. The number of piperidine rings is 1. The third-order valence-corrected chi connectivity index (χ3v) is 5.44. The maximum atomic E-state index is 14.1. The lowest BCUT2D eigenvalue weighted by Crippen LogP contribution is -2.43. The third-order valence-electron chi connectivity index (χ3n) is 5.44. The van der Waals surface area contributed by atoms with E-state index in [0.717, 1.165) is 48.4 Å². The molecule has 1 fully saturated rings. The summed E-state index contributed by atoms with van der Waals surface area (Å²) in [5.74, 6) is 0.188. The van der Waals surface area contributed by atoms with Crippen molar-refractivity contribution in [2.24, 2.45) is 5.92 Å². The van der Waals surface area contributed by atoms with Crippen molar-refractivity contribution in [3.8, 4) is 0 Å². The third kappa shape index (κ3) is 2.84. The van der Waals surface area contributed by atoms with Crippen molar-refractivity contribution < 1.29 is 4.39 Å². The molecule has 2 heterocycles. The molecule has 1 radical (unpaired) electrons. The second kappa shape index (κ2) is 6.98. The van der Waals surface area contributed by atoms with Crippen molar-refractivity contribution in [1.82, 2.24) is 15.3 Å². The summed E-state index contributed by atoms with van der Waals surface area (Å²) < 4.78 is 14.1. The van der Waals surface area contributed by atoms with Gasteiger partial charge in [0.25, 0.3) is 0 Å². The first kappa shape index (κ1) is 17.0. The molecule has 0 aliphatic carbocycles. The number of nitrogens with one attached hydrogen (secondary N) is 1. The van der Waals surface area contributed by atoms with Crippen molar-refractivity contribution in [2.45, 2.75) is 38.5 Å². The van der Waals surface area contributed by atoms with Gasteiger partial charge in [-0.3, -0.25) is 0 Å². The van der Waals surface area contributed by atoms with Crippen LogP contribution in [0.15, 0.2) is 30.6 Å². The zero-order chi connectivity index (χ0) is 17.2. The number of aryl methyl sites for hydroxylation is 2. The summed E-state index contributed by atoms with van der Waals surface area (Å²) in [6, 6.07) is 6.99. The van der Waals surface area contributed by atoms with Crippen LogP contribution in [0.5, 0.6) is 0 Å². The second-order valence-electron chi connectivity index (χ2n) is 6.68. The Labute approximate surface area is 143 Å². The van der Waals surface area contributed by atoms with E-state index < -0.39 is 0 Å². The van der Waals surface area contributed by atoms with Gasteiger partial charge in [-0.25, -0.2) is 14.4 Å². The van der Waals surface area contributed by atoms with Gasteiger partial charge >= 0.3 is 0 Å². The molecule has 1 aliphatic rings. The van der Waals surface area contributed by atoms with Gasteiger partial charge in [0.1, 0.15) is 12.1 Å². The number of hydrogen-bond acceptors (Lipinski definition) is 3. The molecular weight excluding hydrogens is 301 g/mol. The van der Waals surface area contributed by atoms with Gasteiger partial charge in [0.2, 0.25) is 0 Å². The minimum absolute atomic E-state index is 0.202. The van der Waals surface area contributed by atoms with Crippen molar-refractivity contribution in [3.63, 3.8) is 0 Å². The number of nitrogens with zero attached hydrogens (tertiary/aromatic N) is 2. The fraction of sp³-hybridized carbons (Fsp3) is 0.450. The van der Waals surface area contributed by atoms with Crippen LogP contribution in [0.4, 0.5) is 4.39 Å². The number of halogens is 1. The first-order valence-electron chi connectivity index (χ1n) is 8.64. The van der Waals surface area contributed by atoms with Crippen LogP contribution < -0.4 is 5.32 Å². The lowest BCUT2D eigenvalue weighted by Gasteiger charge is -2.44. The van der Waals surface area contributed by atoms with E-state index in [1.165, 1.54) is 6.07 Å². The summed E-state index contributed by atoms with van der Waals surface area (Å²) in [4.78, 5) is 8.90. The van der Waals surface area contributed by atoms with Crippen LogP contribution in [0.3, 0.4) is 0 Å². The minimum Gasteiger partial charge on any atom is -0.317 e. The standard InChI is InChI=1S/C20H25FN3/c1-4-20(16-8-10-22-11-9-16,17-6-5-7-18(21)12-17)19-14(2)23-13-24-15(19)3/h5-7,12-13,16,22H,1,4,8-11H2,2-3H3. The fourth-order valence-electron chi connectivity index (χ4n) is 4.38. The molecule has 3 rings (SSSR count). The molecule has 4 heteroatoms. The Bertz CT molecular complexity index is 690. The average molecular weight is 326 g/mol. The Balaban J connectivity index is 2.26. The van der Waals surface area contributed by atoms with Crippen LogP contribution in [-0.4, -0.2) is 23.1 Å². The van der Waals surface area contributed by atoms with E-state index in [1.54, 1.807) is 18.5 Å². The number of rotatable bonds is 4. The number of benzene rings is 1. The van der Waals surface area contributed by atoms with Gasteiger partial charge in [-0.15, -0.1) is 0 Å². The van der Waals surface area contributed by atoms with E-state index in [2.05, 4.69) is 22.2 Å². The molecule has 1 aromatic heterocycles. The summed E-state index contributed by atoms with van der Waals surface area (Å²) in [5, 5.41) is 3.43. The molecule has 0 spiro atoms. The highest BCUT2D eigenvalue weighted by atomic mass is 19.1. The van der Waals surface area contributed by atoms with E-state index in [1.807, 2.05) is 19.9 Å². The van der Waals surface area contributed by atoms with Crippen LogP contribution in [0.25, 0.3) is 0 Å². The molecule has 1 atom stereocenters. The van der Waals surface area contributed by atoms with Gasteiger partial charge in [0.15, 0.2) is 0 Å². The molecule has 0 amide bonds. The smallest absolute Gasteiger partial charge is 0.123 e. The Morgan fingerprint density at radius 2 is 1.88 bits per heavy atom. The van der Waals surface area contributed by atoms with Crippen LogP contribution in [0.1, 0.15) is 41.8 Å². The summed E-state index contributed by atoms with van der Waals surface area (Å²) in [7, 11) is 0. The molecule has 1 saturated heterocycles. The highest BCUT2D eigenvalue weighted by molar-refractivity contribution is 5.45. The van der Waals surface area contributed by atoms with Crippen LogP contribution >= 0.6 is 0 Å². The number of aromatic nitrogens is 2. The largest absolute Gasteiger partial charge is 0.317 e. The molecular formula is C20H25FN3. The minimum atomic E-state index is -0.348. The van der Waals surface area contributed by atoms with Crippen molar-refractivity contribution in [2.75, 3.05) is 13.1 Å². The first-order chi connectivity index (χ1) is 11.6. The van der Waals surface area contributed by atoms with Gasteiger partial charge < -0.3 is 5.32 Å². The first-order valence-corrected chi connectivity index (χ1v) is 8.64. The summed E-state index contributed by atoms with van der Waals surface area (Å²) in [5.41, 5.74) is 3.70. The van der Waals surface area contributed by atoms with Gasteiger partial charge in [0, 0.05) is 22.4 Å². The Morgan fingerprint density at radius 3 is 2.46 bits per heavy atom. The molecule has 1 aliphatic heterocycles. The molecule has 0 saturated carbocycles. The highest BCUT2D eigenvalue weighted by Crippen LogP contribution is 2.47. The summed E-state index contributed by atoms with van der Waals surface area (Å²) in [6.45, 7) is 10.3. The van der Waals surface area contributed by atoms with Crippen LogP contribution in [0, 0.1) is 32.5 Å². The Kier molecular flexibility index (Phi) is 4.95. The molecule has 24 heavy (non-hydrogen) atoms. The van der Waals surface area contributed by atoms with E-state index >= 15 is 0 Å². The van der Waals surface area contributed by atoms with E-state index in [0.29, 0.717) is 12.3 Å². The predicted molar refractivity (Wildman–Crippen MR) is 94.3 cm³/mol. The van der Waals surface area contributed by atoms with Crippen molar-refractivity contribution >= 4 is 0 Å². The zero-order valence-corrected chi connectivity index (χ0v) is 14.5. The maximum Gasteiger partial charge on any atom is 0.123 e. The normalized spacial score (nSPS) is 18.3. The second-order valence-corrected chi connectivity index (χ2v) is 6.68. The average Bonchev–Trinajstić information content (AvgIpc) is 2.59. The zero-order valence-electron chi connectivity index (χ0n) is 14.5. The van der Waals surface area contributed by atoms with Crippen LogP contribution in [-0.2, 0) is 5.41 Å².